The molecule has 184 valence electrons. The third kappa shape index (κ3) is 3.71. The quantitative estimate of drug-likeness (QED) is 0.568. The summed E-state index contributed by atoms with van der Waals surface area (Å²) >= 11 is 5.97. The first-order chi connectivity index (χ1) is 16.7. The van der Waals surface area contributed by atoms with Crippen molar-refractivity contribution < 1.29 is 24.2 Å². The van der Waals surface area contributed by atoms with E-state index in [0.29, 0.717) is 29.2 Å². The number of carbonyl (C=O) groups is 3. The van der Waals surface area contributed by atoms with Crippen LogP contribution in [0.5, 0.6) is 0 Å². The highest BCUT2D eigenvalue weighted by Gasteiger charge is 2.78. The van der Waals surface area contributed by atoms with E-state index in [-0.39, 0.29) is 18.4 Å². The summed E-state index contributed by atoms with van der Waals surface area (Å²) in [5, 5.41) is 16.2. The number of aliphatic hydroxyl groups is 1. The van der Waals surface area contributed by atoms with Gasteiger partial charge >= 0.3 is 0 Å². The molecule has 0 aromatic heterocycles. The molecule has 3 amide bonds. The van der Waals surface area contributed by atoms with E-state index in [9.17, 15) is 19.5 Å². The van der Waals surface area contributed by atoms with E-state index in [0.717, 1.165) is 0 Å². The molecule has 9 heteroatoms. The lowest BCUT2D eigenvalue weighted by atomic mass is 9.66. The zero-order chi connectivity index (χ0) is 25.0. The largest absolute Gasteiger partial charge is 0.394 e. The average molecular weight is 498 g/mol. The molecule has 3 aliphatic heterocycles. The molecule has 3 aliphatic rings. The minimum Gasteiger partial charge on any atom is -0.394 e. The highest BCUT2D eigenvalue weighted by molar-refractivity contribution is 6.30. The second-order valence-electron chi connectivity index (χ2n) is 9.86. The molecule has 3 fully saturated rings. The number of hydrogen-bond acceptors (Lipinski definition) is 5. The van der Waals surface area contributed by atoms with Crippen molar-refractivity contribution in [3.8, 4) is 0 Å². The Morgan fingerprint density at radius 1 is 1.09 bits per heavy atom. The number of nitrogens with zero attached hydrogens (tertiary/aromatic N) is 1. The Labute approximate surface area is 208 Å². The Morgan fingerprint density at radius 2 is 1.71 bits per heavy atom. The zero-order valence-corrected chi connectivity index (χ0v) is 20.3. The van der Waals surface area contributed by atoms with E-state index in [1.54, 1.807) is 43.3 Å². The Morgan fingerprint density at radius 3 is 2.37 bits per heavy atom. The van der Waals surface area contributed by atoms with E-state index >= 15 is 0 Å². The molecule has 2 aromatic carbocycles. The molecule has 35 heavy (non-hydrogen) atoms. The van der Waals surface area contributed by atoms with E-state index in [1.165, 1.54) is 4.90 Å². The first kappa shape index (κ1) is 23.8. The summed E-state index contributed by atoms with van der Waals surface area (Å²) in [5.74, 6) is -2.68. The number of nitrogens with one attached hydrogen (secondary N) is 2. The SMILES string of the molecule is C[C@H](CO)N1C(=O)[C@@H]2[C@H](C(=O)Nc3ccccc3)[C@]3(C)CCC2(O3)C1C(=O)Nc1ccc(Cl)cc1. The van der Waals surface area contributed by atoms with Gasteiger partial charge < -0.3 is 25.4 Å². The van der Waals surface area contributed by atoms with E-state index < -0.39 is 41.0 Å². The predicted octanol–water partition coefficient (Wildman–Crippen LogP) is 3.06. The summed E-state index contributed by atoms with van der Waals surface area (Å²) in [6.07, 6.45) is 0.998. The number of benzene rings is 2. The number of para-hydroxylation sites is 1. The van der Waals surface area contributed by atoms with Crippen molar-refractivity contribution in [1.29, 1.82) is 0 Å². The lowest BCUT2D eigenvalue weighted by Gasteiger charge is -2.35. The standard InChI is InChI=1S/C26H28ClN3O5/c1-15(14-31)30-21(23(33)29-18-10-8-16(27)9-11-18)26-13-12-25(2,35-26)19(20(26)24(30)34)22(32)28-17-6-4-3-5-7-17/h3-11,15,19-21,31H,12-14H2,1-2H3,(H,28,32)(H,29,33)/t15-,19-,20+,21?,25+,26?/m1/s1. The van der Waals surface area contributed by atoms with Crippen LogP contribution >= 0.6 is 11.6 Å². The summed E-state index contributed by atoms with van der Waals surface area (Å²) in [6.45, 7) is 3.21. The van der Waals surface area contributed by atoms with E-state index in [2.05, 4.69) is 10.6 Å². The lowest BCUT2D eigenvalue weighted by molar-refractivity contribution is -0.146. The zero-order valence-electron chi connectivity index (χ0n) is 19.5. The summed E-state index contributed by atoms with van der Waals surface area (Å²) < 4.78 is 6.54. The smallest absolute Gasteiger partial charge is 0.250 e. The summed E-state index contributed by atoms with van der Waals surface area (Å²) in [6, 6.07) is 14.1. The Kier molecular flexibility index (Phi) is 5.86. The van der Waals surface area contributed by atoms with Crippen LogP contribution in [0.2, 0.25) is 5.02 Å². The van der Waals surface area contributed by atoms with Gasteiger partial charge in [-0.05, 0) is 63.1 Å². The molecule has 0 aliphatic carbocycles. The van der Waals surface area contributed by atoms with Crippen molar-refractivity contribution in [3.05, 3.63) is 59.6 Å². The number of anilines is 2. The molecule has 3 N–H and O–H groups in total. The molecule has 2 bridgehead atoms. The normalized spacial score (nSPS) is 31.8. The minimum absolute atomic E-state index is 0.311. The lowest BCUT2D eigenvalue weighted by Crippen LogP contribution is -2.55. The topological polar surface area (TPSA) is 108 Å². The molecule has 8 nitrogen and oxygen atoms in total. The number of rotatable bonds is 6. The van der Waals surface area contributed by atoms with Crippen molar-refractivity contribution in [2.45, 2.75) is 50.0 Å². The van der Waals surface area contributed by atoms with Crippen LogP contribution in [0.1, 0.15) is 26.7 Å². The first-order valence-corrected chi connectivity index (χ1v) is 12.1. The van der Waals surface area contributed by atoms with Gasteiger partial charge in [0, 0.05) is 16.4 Å². The van der Waals surface area contributed by atoms with Crippen LogP contribution in [0, 0.1) is 11.8 Å². The van der Waals surface area contributed by atoms with Crippen LogP contribution in [0.4, 0.5) is 11.4 Å². The maximum absolute atomic E-state index is 13.9. The van der Waals surface area contributed by atoms with Crippen LogP contribution < -0.4 is 10.6 Å². The number of aliphatic hydroxyl groups excluding tert-OH is 1. The van der Waals surface area contributed by atoms with Crippen molar-refractivity contribution >= 4 is 40.7 Å². The van der Waals surface area contributed by atoms with Gasteiger partial charge in [-0.1, -0.05) is 29.8 Å². The van der Waals surface area contributed by atoms with Crippen molar-refractivity contribution in [3.63, 3.8) is 0 Å². The second kappa shape index (κ2) is 8.62. The number of fused-ring (bicyclic) bond motifs is 1. The first-order valence-electron chi connectivity index (χ1n) is 11.8. The van der Waals surface area contributed by atoms with Crippen molar-refractivity contribution in [2.75, 3.05) is 17.2 Å². The summed E-state index contributed by atoms with van der Waals surface area (Å²) in [4.78, 5) is 42.4. The highest BCUT2D eigenvalue weighted by Crippen LogP contribution is 2.63. The predicted molar refractivity (Wildman–Crippen MR) is 131 cm³/mol. The van der Waals surface area contributed by atoms with E-state index in [4.69, 9.17) is 16.3 Å². The molecule has 2 unspecified atom stereocenters. The van der Waals surface area contributed by atoms with Crippen LogP contribution in [0.3, 0.4) is 0 Å². The number of ether oxygens (including phenoxy) is 1. The number of likely N-dealkylation sites (tertiary alicyclic amines) is 1. The average Bonchev–Trinajstić information content (AvgIpc) is 3.41. The molecule has 3 heterocycles. The molecule has 3 saturated heterocycles. The third-order valence-corrected chi connectivity index (χ3v) is 7.89. The highest BCUT2D eigenvalue weighted by atomic mass is 35.5. The minimum atomic E-state index is -1.16. The number of carbonyl (C=O) groups excluding carboxylic acids is 3. The van der Waals surface area contributed by atoms with Gasteiger partial charge in [-0.3, -0.25) is 14.4 Å². The Balaban J connectivity index is 1.51. The van der Waals surface area contributed by atoms with Gasteiger partial charge in [0.15, 0.2) is 0 Å². The molecule has 2 aromatic rings. The number of hydrogen-bond donors (Lipinski definition) is 3. The Bertz CT molecular complexity index is 1160. The van der Waals surface area contributed by atoms with Crippen molar-refractivity contribution in [2.24, 2.45) is 11.8 Å². The van der Waals surface area contributed by atoms with Crippen LogP contribution in [-0.4, -0.2) is 57.6 Å². The third-order valence-electron chi connectivity index (χ3n) is 7.64. The van der Waals surface area contributed by atoms with Crippen molar-refractivity contribution in [1.82, 2.24) is 4.90 Å². The molecule has 1 spiro atoms. The van der Waals surface area contributed by atoms with E-state index in [1.807, 2.05) is 25.1 Å². The molecular formula is C26H28ClN3O5. The van der Waals surface area contributed by atoms with Crippen LogP contribution in [0.25, 0.3) is 0 Å². The molecule has 5 rings (SSSR count). The summed E-state index contributed by atoms with van der Waals surface area (Å²) in [5.41, 5.74) is -0.891. The summed E-state index contributed by atoms with van der Waals surface area (Å²) in [7, 11) is 0. The van der Waals surface area contributed by atoms with Gasteiger partial charge in [-0.15, -0.1) is 0 Å². The molecule has 6 atom stereocenters. The second-order valence-corrected chi connectivity index (χ2v) is 10.3. The van der Waals surface area contributed by atoms with Gasteiger partial charge in [-0.2, -0.15) is 0 Å². The fourth-order valence-corrected chi connectivity index (χ4v) is 6.24. The maximum Gasteiger partial charge on any atom is 0.250 e. The Hall–Kier alpha value is -2.94. The maximum atomic E-state index is 13.9. The fourth-order valence-electron chi connectivity index (χ4n) is 6.11. The van der Waals surface area contributed by atoms with Gasteiger partial charge in [0.25, 0.3) is 0 Å². The number of amides is 3. The van der Waals surface area contributed by atoms with Gasteiger partial charge in [0.1, 0.15) is 11.6 Å². The van der Waals surface area contributed by atoms with Crippen LogP contribution in [-0.2, 0) is 19.1 Å². The molecule has 0 radical (unpaired) electrons. The fraction of sp³-hybridized carbons (Fsp3) is 0.423. The van der Waals surface area contributed by atoms with Crippen LogP contribution in [0.15, 0.2) is 54.6 Å². The van der Waals surface area contributed by atoms with Gasteiger partial charge in [0.2, 0.25) is 17.7 Å². The molecule has 0 saturated carbocycles. The van der Waals surface area contributed by atoms with Gasteiger partial charge in [-0.25, -0.2) is 0 Å². The number of halogens is 1. The van der Waals surface area contributed by atoms with Gasteiger partial charge in [0.05, 0.1) is 30.1 Å². The molecular weight excluding hydrogens is 470 g/mol. The monoisotopic (exact) mass is 497 g/mol.